The van der Waals surface area contributed by atoms with Crippen LogP contribution >= 0.6 is 0 Å². The molecule has 0 aliphatic heterocycles. The third-order valence-corrected chi connectivity index (χ3v) is 3.11. The Balaban J connectivity index is 2.91. The summed E-state index contributed by atoms with van der Waals surface area (Å²) in [6.07, 6.45) is 2.00. The maximum absolute atomic E-state index is 12.5. The molecule has 0 saturated heterocycles. The highest BCUT2D eigenvalue weighted by molar-refractivity contribution is 5.96. The molecule has 3 nitrogen and oxygen atoms in total. The van der Waals surface area contributed by atoms with Crippen molar-refractivity contribution >= 4 is 11.6 Å². The molecule has 106 valence electrons. The monoisotopic (exact) mass is 262 g/mol. The first-order valence-corrected chi connectivity index (χ1v) is 7.27. The number of carbonyl (C=O) groups excluding carboxylic acids is 1. The first-order valence-electron chi connectivity index (χ1n) is 7.27. The standard InChI is InChI=1S/C16H26N2O/c1-5-10-18(11-6-2)16(19)15-9-8-14(17-7-3)12-13(15)4/h8-9,12,17H,5-7,10-11H2,1-4H3. The minimum atomic E-state index is 0.157. The lowest BCUT2D eigenvalue weighted by Gasteiger charge is -2.22. The van der Waals surface area contributed by atoms with Gasteiger partial charge in [-0.2, -0.15) is 0 Å². The van der Waals surface area contributed by atoms with Gasteiger partial charge in [-0.05, 0) is 50.5 Å². The van der Waals surface area contributed by atoms with Gasteiger partial charge in [-0.25, -0.2) is 0 Å². The summed E-state index contributed by atoms with van der Waals surface area (Å²) >= 11 is 0. The molecular formula is C16H26N2O. The van der Waals surface area contributed by atoms with Crippen molar-refractivity contribution in [2.24, 2.45) is 0 Å². The summed E-state index contributed by atoms with van der Waals surface area (Å²) in [7, 11) is 0. The second kappa shape index (κ2) is 7.82. The van der Waals surface area contributed by atoms with Gasteiger partial charge in [0.15, 0.2) is 0 Å². The largest absolute Gasteiger partial charge is 0.385 e. The van der Waals surface area contributed by atoms with E-state index in [1.165, 1.54) is 0 Å². The zero-order chi connectivity index (χ0) is 14.3. The minimum absolute atomic E-state index is 0.157. The van der Waals surface area contributed by atoms with E-state index in [-0.39, 0.29) is 5.91 Å². The predicted molar refractivity (Wildman–Crippen MR) is 81.8 cm³/mol. The summed E-state index contributed by atoms with van der Waals surface area (Å²) in [5, 5.41) is 3.27. The molecular weight excluding hydrogens is 236 g/mol. The Morgan fingerprint density at radius 1 is 1.16 bits per heavy atom. The second-order valence-corrected chi connectivity index (χ2v) is 4.85. The Bertz CT molecular complexity index is 409. The average molecular weight is 262 g/mol. The molecule has 0 fully saturated rings. The Hall–Kier alpha value is -1.51. The smallest absolute Gasteiger partial charge is 0.254 e. The number of hydrogen-bond acceptors (Lipinski definition) is 2. The third-order valence-electron chi connectivity index (χ3n) is 3.11. The molecule has 1 N–H and O–H groups in total. The fourth-order valence-electron chi connectivity index (χ4n) is 2.24. The summed E-state index contributed by atoms with van der Waals surface area (Å²) in [6, 6.07) is 5.97. The molecule has 0 spiro atoms. The van der Waals surface area contributed by atoms with Crippen LogP contribution in [0.5, 0.6) is 0 Å². The Labute approximate surface area is 117 Å². The number of carbonyl (C=O) groups is 1. The molecule has 0 aliphatic carbocycles. The molecule has 0 radical (unpaired) electrons. The highest BCUT2D eigenvalue weighted by Crippen LogP contribution is 2.17. The van der Waals surface area contributed by atoms with Crippen molar-refractivity contribution in [2.75, 3.05) is 25.0 Å². The van der Waals surface area contributed by atoms with Gasteiger partial charge in [0.1, 0.15) is 0 Å². The van der Waals surface area contributed by atoms with Crippen LogP contribution in [0.2, 0.25) is 0 Å². The molecule has 0 aromatic heterocycles. The fourth-order valence-corrected chi connectivity index (χ4v) is 2.24. The van der Waals surface area contributed by atoms with Crippen LogP contribution in [0.3, 0.4) is 0 Å². The van der Waals surface area contributed by atoms with Crippen LogP contribution in [0.1, 0.15) is 49.5 Å². The average Bonchev–Trinajstić information content (AvgIpc) is 2.38. The number of hydrogen-bond donors (Lipinski definition) is 1. The molecule has 1 aromatic carbocycles. The molecule has 3 heteroatoms. The Morgan fingerprint density at radius 3 is 2.26 bits per heavy atom. The summed E-state index contributed by atoms with van der Waals surface area (Å²) < 4.78 is 0. The van der Waals surface area contributed by atoms with E-state index in [9.17, 15) is 4.79 Å². The maximum Gasteiger partial charge on any atom is 0.254 e. The van der Waals surface area contributed by atoms with E-state index in [2.05, 4.69) is 26.1 Å². The second-order valence-electron chi connectivity index (χ2n) is 4.85. The molecule has 1 rings (SSSR count). The highest BCUT2D eigenvalue weighted by Gasteiger charge is 2.16. The molecule has 0 atom stereocenters. The SMILES string of the molecule is CCCN(CCC)C(=O)c1ccc(NCC)cc1C. The van der Waals surface area contributed by atoms with Crippen LogP contribution in [0.15, 0.2) is 18.2 Å². The van der Waals surface area contributed by atoms with Gasteiger partial charge in [0.05, 0.1) is 0 Å². The molecule has 0 aliphatic rings. The minimum Gasteiger partial charge on any atom is -0.385 e. The van der Waals surface area contributed by atoms with Gasteiger partial charge in [-0.3, -0.25) is 4.79 Å². The summed E-state index contributed by atoms with van der Waals surface area (Å²) in [4.78, 5) is 14.5. The van der Waals surface area contributed by atoms with E-state index in [0.717, 1.165) is 49.3 Å². The van der Waals surface area contributed by atoms with Gasteiger partial charge in [0.2, 0.25) is 0 Å². The number of rotatable bonds is 7. The van der Waals surface area contributed by atoms with E-state index in [1.807, 2.05) is 30.0 Å². The molecule has 19 heavy (non-hydrogen) atoms. The topological polar surface area (TPSA) is 32.3 Å². The van der Waals surface area contributed by atoms with Crippen LogP contribution in [-0.4, -0.2) is 30.4 Å². The maximum atomic E-state index is 12.5. The van der Waals surface area contributed by atoms with E-state index in [4.69, 9.17) is 0 Å². The molecule has 0 unspecified atom stereocenters. The number of benzene rings is 1. The highest BCUT2D eigenvalue weighted by atomic mass is 16.2. The zero-order valence-corrected chi connectivity index (χ0v) is 12.6. The van der Waals surface area contributed by atoms with Crippen LogP contribution < -0.4 is 5.32 Å². The van der Waals surface area contributed by atoms with E-state index in [1.54, 1.807) is 0 Å². The normalized spacial score (nSPS) is 10.3. The van der Waals surface area contributed by atoms with Crippen LogP contribution in [0.25, 0.3) is 0 Å². The van der Waals surface area contributed by atoms with Gasteiger partial charge < -0.3 is 10.2 Å². The van der Waals surface area contributed by atoms with Crippen LogP contribution in [-0.2, 0) is 0 Å². The summed E-state index contributed by atoms with van der Waals surface area (Å²) in [5.41, 5.74) is 2.94. The fraction of sp³-hybridized carbons (Fsp3) is 0.562. The first kappa shape index (κ1) is 15.5. The van der Waals surface area contributed by atoms with Crippen molar-refractivity contribution < 1.29 is 4.79 Å². The molecule has 0 heterocycles. The molecule has 1 amide bonds. The quantitative estimate of drug-likeness (QED) is 0.813. The predicted octanol–water partition coefficient (Wildman–Crippen LogP) is 3.69. The number of anilines is 1. The summed E-state index contributed by atoms with van der Waals surface area (Å²) in [5.74, 6) is 0.157. The number of nitrogens with zero attached hydrogens (tertiary/aromatic N) is 1. The first-order chi connectivity index (χ1) is 9.13. The van der Waals surface area contributed by atoms with Gasteiger partial charge in [-0.1, -0.05) is 13.8 Å². The van der Waals surface area contributed by atoms with Crippen molar-refractivity contribution in [1.29, 1.82) is 0 Å². The molecule has 1 aromatic rings. The van der Waals surface area contributed by atoms with E-state index >= 15 is 0 Å². The Morgan fingerprint density at radius 2 is 1.79 bits per heavy atom. The zero-order valence-electron chi connectivity index (χ0n) is 12.6. The number of aryl methyl sites for hydroxylation is 1. The van der Waals surface area contributed by atoms with E-state index < -0.39 is 0 Å². The lowest BCUT2D eigenvalue weighted by atomic mass is 10.1. The molecule has 0 bridgehead atoms. The van der Waals surface area contributed by atoms with E-state index in [0.29, 0.717) is 0 Å². The number of nitrogens with one attached hydrogen (secondary N) is 1. The lowest BCUT2D eigenvalue weighted by Crippen LogP contribution is -2.32. The van der Waals surface area contributed by atoms with Crippen molar-refractivity contribution in [1.82, 2.24) is 4.90 Å². The molecule has 0 saturated carbocycles. The van der Waals surface area contributed by atoms with Gasteiger partial charge in [-0.15, -0.1) is 0 Å². The van der Waals surface area contributed by atoms with Gasteiger partial charge in [0, 0.05) is 30.9 Å². The van der Waals surface area contributed by atoms with Gasteiger partial charge >= 0.3 is 0 Å². The lowest BCUT2D eigenvalue weighted by molar-refractivity contribution is 0.0755. The van der Waals surface area contributed by atoms with Crippen LogP contribution in [0.4, 0.5) is 5.69 Å². The van der Waals surface area contributed by atoms with Crippen molar-refractivity contribution in [3.05, 3.63) is 29.3 Å². The van der Waals surface area contributed by atoms with Crippen molar-refractivity contribution in [3.63, 3.8) is 0 Å². The number of amides is 1. The van der Waals surface area contributed by atoms with Crippen LogP contribution in [0, 0.1) is 6.92 Å². The summed E-state index contributed by atoms with van der Waals surface area (Å²) in [6.45, 7) is 10.9. The van der Waals surface area contributed by atoms with Crippen molar-refractivity contribution in [3.8, 4) is 0 Å². The van der Waals surface area contributed by atoms with Crippen molar-refractivity contribution in [2.45, 2.75) is 40.5 Å². The van der Waals surface area contributed by atoms with Gasteiger partial charge in [0.25, 0.3) is 5.91 Å². The third kappa shape index (κ3) is 4.27. The Kier molecular flexibility index (Phi) is 6.40.